The van der Waals surface area contributed by atoms with Crippen molar-refractivity contribution in [3.8, 4) is 11.1 Å². The summed E-state index contributed by atoms with van der Waals surface area (Å²) in [5.74, 6) is 2.55. The van der Waals surface area contributed by atoms with Crippen LogP contribution in [0.4, 0.5) is 0 Å². The van der Waals surface area contributed by atoms with Crippen LogP contribution in [0.5, 0.6) is 0 Å². The molecule has 3 aliphatic rings. The van der Waals surface area contributed by atoms with Crippen LogP contribution in [0.15, 0.2) is 43.0 Å². The highest BCUT2D eigenvalue weighted by Gasteiger charge is 2.55. The molecule has 1 aromatic heterocycles. The number of benzene rings is 1. The van der Waals surface area contributed by atoms with Crippen molar-refractivity contribution >= 4 is 0 Å². The minimum atomic E-state index is 0.816. The van der Waals surface area contributed by atoms with Gasteiger partial charge in [-0.2, -0.15) is 0 Å². The van der Waals surface area contributed by atoms with Gasteiger partial charge in [-0.3, -0.25) is 4.90 Å². The van der Waals surface area contributed by atoms with Gasteiger partial charge in [-0.15, -0.1) is 0 Å². The minimum absolute atomic E-state index is 0.816. The maximum atomic E-state index is 6.04. The van der Waals surface area contributed by atoms with Crippen LogP contribution < -0.4 is 0 Å². The molecular formula is C25H34N4O. The number of nitrogens with zero attached hydrogens (tertiary/aromatic N) is 4. The molecule has 0 radical (unpaired) electrons. The second-order valence-electron chi connectivity index (χ2n) is 9.34. The molecule has 0 amide bonds. The molecule has 160 valence electrons. The number of aromatic nitrogens is 2. The Morgan fingerprint density at radius 2 is 1.60 bits per heavy atom. The standard InChI is InChI=1S/C25H34N4O/c1-2-9-28(10-3-1)11-4-12-30-18-25-23-16-29(17-24(23)25)15-20-5-7-21(8-6-20)22-13-26-19-27-14-22/h5-8,13-14,19,23-25H,1-4,9-12,15-18H2. The highest BCUT2D eigenvalue weighted by atomic mass is 16.5. The van der Waals surface area contributed by atoms with Crippen molar-refractivity contribution in [2.24, 2.45) is 17.8 Å². The average molecular weight is 407 g/mol. The van der Waals surface area contributed by atoms with Gasteiger partial charge in [-0.25, -0.2) is 9.97 Å². The summed E-state index contributed by atoms with van der Waals surface area (Å²) in [5, 5.41) is 0. The Labute approximate surface area is 180 Å². The van der Waals surface area contributed by atoms with Gasteiger partial charge in [0.15, 0.2) is 0 Å². The van der Waals surface area contributed by atoms with E-state index in [0.717, 1.165) is 43.1 Å². The van der Waals surface area contributed by atoms with Crippen LogP contribution in [-0.2, 0) is 11.3 Å². The van der Waals surface area contributed by atoms with E-state index in [1.165, 1.54) is 69.5 Å². The lowest BCUT2D eigenvalue weighted by Gasteiger charge is -2.26. The van der Waals surface area contributed by atoms with Crippen molar-refractivity contribution in [1.29, 1.82) is 0 Å². The summed E-state index contributed by atoms with van der Waals surface area (Å²) in [5.41, 5.74) is 3.65. The van der Waals surface area contributed by atoms with Gasteiger partial charge in [0.25, 0.3) is 0 Å². The molecule has 2 aliphatic heterocycles. The SMILES string of the molecule is c1ncc(-c2ccc(CN3CC4C(COCCCN5CCCCC5)C4C3)cc2)cn1. The number of piperidine rings is 2. The molecule has 5 rings (SSSR count). The summed E-state index contributed by atoms with van der Waals surface area (Å²) < 4.78 is 6.04. The Kier molecular flexibility index (Phi) is 6.40. The third-order valence-electron chi connectivity index (χ3n) is 7.22. The molecule has 5 heteroatoms. The number of hydrogen-bond acceptors (Lipinski definition) is 5. The van der Waals surface area contributed by atoms with Gasteiger partial charge >= 0.3 is 0 Å². The van der Waals surface area contributed by atoms with Gasteiger partial charge in [0.05, 0.1) is 6.61 Å². The second kappa shape index (κ2) is 9.54. The molecule has 2 aromatic rings. The fourth-order valence-electron chi connectivity index (χ4n) is 5.41. The van der Waals surface area contributed by atoms with E-state index >= 15 is 0 Å². The van der Waals surface area contributed by atoms with Crippen LogP contribution in [0.1, 0.15) is 31.2 Å². The molecule has 3 fully saturated rings. The molecular weight excluding hydrogens is 372 g/mol. The molecule has 2 saturated heterocycles. The highest BCUT2D eigenvalue weighted by molar-refractivity contribution is 5.61. The first-order valence-electron chi connectivity index (χ1n) is 11.7. The molecule has 3 heterocycles. The fourth-order valence-corrected chi connectivity index (χ4v) is 5.41. The van der Waals surface area contributed by atoms with Crippen molar-refractivity contribution in [2.75, 3.05) is 45.9 Å². The monoisotopic (exact) mass is 406 g/mol. The second-order valence-corrected chi connectivity index (χ2v) is 9.34. The van der Waals surface area contributed by atoms with Crippen LogP contribution >= 0.6 is 0 Å². The van der Waals surface area contributed by atoms with Crippen LogP contribution in [-0.4, -0.2) is 65.7 Å². The van der Waals surface area contributed by atoms with Crippen LogP contribution in [0.2, 0.25) is 0 Å². The van der Waals surface area contributed by atoms with Crippen molar-refractivity contribution in [1.82, 2.24) is 19.8 Å². The molecule has 1 aromatic carbocycles. The zero-order chi connectivity index (χ0) is 20.2. The smallest absolute Gasteiger partial charge is 0.115 e. The third kappa shape index (κ3) is 4.90. The minimum Gasteiger partial charge on any atom is -0.381 e. The van der Waals surface area contributed by atoms with Gasteiger partial charge < -0.3 is 9.64 Å². The number of likely N-dealkylation sites (tertiary alicyclic amines) is 2. The zero-order valence-corrected chi connectivity index (χ0v) is 18.0. The summed E-state index contributed by atoms with van der Waals surface area (Å²) in [6.45, 7) is 9.27. The molecule has 0 spiro atoms. The van der Waals surface area contributed by atoms with Crippen molar-refractivity contribution in [3.63, 3.8) is 0 Å². The van der Waals surface area contributed by atoms with Crippen molar-refractivity contribution in [2.45, 2.75) is 32.2 Å². The summed E-state index contributed by atoms with van der Waals surface area (Å²) in [6, 6.07) is 8.86. The Hall–Kier alpha value is -1.82. The van der Waals surface area contributed by atoms with Crippen molar-refractivity contribution < 1.29 is 4.74 Å². The quantitative estimate of drug-likeness (QED) is 0.594. The van der Waals surface area contributed by atoms with Gasteiger partial charge in [-0.05, 0) is 61.2 Å². The summed E-state index contributed by atoms with van der Waals surface area (Å²) >= 11 is 0. The lowest BCUT2D eigenvalue weighted by Crippen LogP contribution is -2.31. The van der Waals surface area contributed by atoms with Gasteiger partial charge in [0.2, 0.25) is 0 Å². The largest absolute Gasteiger partial charge is 0.381 e. The molecule has 2 unspecified atom stereocenters. The molecule has 2 atom stereocenters. The Morgan fingerprint density at radius 1 is 0.867 bits per heavy atom. The molecule has 5 nitrogen and oxygen atoms in total. The highest BCUT2D eigenvalue weighted by Crippen LogP contribution is 2.52. The van der Waals surface area contributed by atoms with E-state index in [0.29, 0.717) is 0 Å². The topological polar surface area (TPSA) is 41.5 Å². The van der Waals surface area contributed by atoms with Gasteiger partial charge in [-0.1, -0.05) is 30.7 Å². The van der Waals surface area contributed by atoms with E-state index in [1.54, 1.807) is 6.33 Å². The summed E-state index contributed by atoms with van der Waals surface area (Å²) in [6.07, 6.45) is 10.7. The lowest BCUT2D eigenvalue weighted by atomic mass is 10.1. The number of fused-ring (bicyclic) bond motifs is 1. The van der Waals surface area contributed by atoms with Crippen LogP contribution in [0.25, 0.3) is 11.1 Å². The fraction of sp³-hybridized carbons (Fsp3) is 0.600. The first-order valence-corrected chi connectivity index (χ1v) is 11.7. The zero-order valence-electron chi connectivity index (χ0n) is 18.0. The Balaban J connectivity index is 0.984. The van der Waals surface area contributed by atoms with Gasteiger partial charge in [0.1, 0.15) is 6.33 Å². The average Bonchev–Trinajstić information content (AvgIpc) is 3.25. The van der Waals surface area contributed by atoms with Gasteiger partial charge in [0, 0.05) is 50.7 Å². The van der Waals surface area contributed by atoms with E-state index in [2.05, 4.69) is 44.0 Å². The van der Waals surface area contributed by atoms with E-state index < -0.39 is 0 Å². The Morgan fingerprint density at radius 3 is 2.33 bits per heavy atom. The molecule has 1 aliphatic carbocycles. The maximum absolute atomic E-state index is 6.04. The van der Waals surface area contributed by atoms with E-state index in [9.17, 15) is 0 Å². The molecule has 1 saturated carbocycles. The predicted molar refractivity (Wildman–Crippen MR) is 119 cm³/mol. The lowest BCUT2D eigenvalue weighted by molar-refractivity contribution is 0.0967. The molecule has 30 heavy (non-hydrogen) atoms. The number of rotatable bonds is 9. The Bertz CT molecular complexity index is 779. The number of ether oxygens (including phenoxy) is 1. The summed E-state index contributed by atoms with van der Waals surface area (Å²) in [7, 11) is 0. The van der Waals surface area contributed by atoms with Crippen LogP contribution in [0.3, 0.4) is 0 Å². The molecule has 0 N–H and O–H groups in total. The molecule has 0 bridgehead atoms. The maximum Gasteiger partial charge on any atom is 0.115 e. The van der Waals surface area contributed by atoms with Crippen LogP contribution in [0, 0.1) is 17.8 Å². The van der Waals surface area contributed by atoms with E-state index in [4.69, 9.17) is 4.74 Å². The third-order valence-corrected chi connectivity index (χ3v) is 7.22. The number of hydrogen-bond donors (Lipinski definition) is 0. The van der Waals surface area contributed by atoms with E-state index in [-0.39, 0.29) is 0 Å². The first kappa shape index (κ1) is 20.1. The van der Waals surface area contributed by atoms with E-state index in [1.807, 2.05) is 12.4 Å². The summed E-state index contributed by atoms with van der Waals surface area (Å²) in [4.78, 5) is 13.4. The van der Waals surface area contributed by atoms with Crippen molar-refractivity contribution in [3.05, 3.63) is 48.5 Å². The predicted octanol–water partition coefficient (Wildman–Crippen LogP) is 3.71. The normalized spacial score (nSPS) is 26.6. The first-order chi connectivity index (χ1) is 14.9.